The van der Waals surface area contributed by atoms with Gasteiger partial charge in [-0.05, 0) is 31.9 Å². The molecule has 1 atom stereocenters. The van der Waals surface area contributed by atoms with E-state index in [-0.39, 0.29) is 6.04 Å². The van der Waals surface area contributed by atoms with Gasteiger partial charge in [-0.1, -0.05) is 13.8 Å². The first-order chi connectivity index (χ1) is 12.0. The molecule has 1 fully saturated rings. The number of aryl methyl sites for hydroxylation is 2. The van der Waals surface area contributed by atoms with Gasteiger partial charge >= 0.3 is 0 Å². The summed E-state index contributed by atoms with van der Waals surface area (Å²) in [7, 11) is 2.04. The summed E-state index contributed by atoms with van der Waals surface area (Å²) in [6, 6.07) is 4.21. The molecular weight excluding hydrogens is 316 g/mol. The van der Waals surface area contributed by atoms with Crippen LogP contribution < -0.4 is 10.2 Å². The summed E-state index contributed by atoms with van der Waals surface area (Å²) in [5, 5.41) is 8.42. The van der Waals surface area contributed by atoms with Gasteiger partial charge in [0.1, 0.15) is 17.3 Å². The number of ether oxygens (including phenoxy) is 1. The number of hydrogen-bond donors (Lipinski definition) is 1. The van der Waals surface area contributed by atoms with Crippen LogP contribution in [0, 0.1) is 6.92 Å². The fourth-order valence-corrected chi connectivity index (χ4v) is 3.43. The standard InChI is InChI=1S/C19H30N4O2/c1-13(2)18-16(12-20-15(4)17-7-6-14(3)25-17)19(22(5)21-18)23-8-10-24-11-9-23/h6-7,13,15,20H,8-12H2,1-5H3/t15-/m1/s1. The van der Waals surface area contributed by atoms with Crippen molar-refractivity contribution in [2.75, 3.05) is 31.2 Å². The van der Waals surface area contributed by atoms with E-state index in [1.54, 1.807) is 0 Å². The highest BCUT2D eigenvalue weighted by atomic mass is 16.5. The molecule has 6 heteroatoms. The fourth-order valence-electron chi connectivity index (χ4n) is 3.43. The SMILES string of the molecule is Cc1ccc([C@@H](C)NCc2c(C(C)C)nn(C)c2N2CCOCC2)o1. The van der Waals surface area contributed by atoms with Crippen LogP contribution in [0.5, 0.6) is 0 Å². The van der Waals surface area contributed by atoms with Crippen molar-refractivity contribution in [3.8, 4) is 0 Å². The van der Waals surface area contributed by atoms with Gasteiger partial charge in [0.25, 0.3) is 0 Å². The number of morpholine rings is 1. The third kappa shape index (κ3) is 3.90. The topological polar surface area (TPSA) is 55.5 Å². The summed E-state index contributed by atoms with van der Waals surface area (Å²) in [6.07, 6.45) is 0. The fraction of sp³-hybridized carbons (Fsp3) is 0.632. The maximum absolute atomic E-state index is 5.75. The second kappa shape index (κ2) is 7.62. The number of furan rings is 1. The normalized spacial score (nSPS) is 16.6. The highest BCUT2D eigenvalue weighted by molar-refractivity contribution is 5.51. The molecular formula is C19H30N4O2. The van der Waals surface area contributed by atoms with Crippen molar-refractivity contribution >= 4 is 5.82 Å². The third-order valence-electron chi connectivity index (χ3n) is 4.77. The zero-order chi connectivity index (χ0) is 18.0. The van der Waals surface area contributed by atoms with E-state index in [4.69, 9.17) is 14.3 Å². The van der Waals surface area contributed by atoms with Crippen LogP contribution in [0.4, 0.5) is 5.82 Å². The molecule has 1 N–H and O–H groups in total. The Hall–Kier alpha value is -1.79. The molecule has 1 aliphatic heterocycles. The highest BCUT2D eigenvalue weighted by Crippen LogP contribution is 2.29. The van der Waals surface area contributed by atoms with Crippen LogP contribution in [0.15, 0.2) is 16.5 Å². The monoisotopic (exact) mass is 346 g/mol. The zero-order valence-electron chi connectivity index (χ0n) is 16.0. The molecule has 2 aromatic rings. The number of aromatic nitrogens is 2. The summed E-state index contributed by atoms with van der Waals surface area (Å²) in [5.41, 5.74) is 2.45. The first-order valence-electron chi connectivity index (χ1n) is 9.15. The van der Waals surface area contributed by atoms with Crippen LogP contribution in [0.1, 0.15) is 55.5 Å². The van der Waals surface area contributed by atoms with Crippen LogP contribution in [0.2, 0.25) is 0 Å². The minimum atomic E-state index is 0.159. The van der Waals surface area contributed by atoms with E-state index in [1.165, 1.54) is 17.1 Å². The van der Waals surface area contributed by atoms with Crippen molar-refractivity contribution in [3.63, 3.8) is 0 Å². The van der Waals surface area contributed by atoms with Gasteiger partial charge in [0.2, 0.25) is 0 Å². The van der Waals surface area contributed by atoms with Crippen molar-refractivity contribution in [1.29, 1.82) is 0 Å². The summed E-state index contributed by atoms with van der Waals surface area (Å²) < 4.78 is 13.3. The van der Waals surface area contributed by atoms with Gasteiger partial charge in [-0.2, -0.15) is 5.10 Å². The Morgan fingerprint density at radius 2 is 1.92 bits per heavy atom. The molecule has 1 saturated heterocycles. The van der Waals surface area contributed by atoms with Crippen LogP contribution in [0.3, 0.4) is 0 Å². The van der Waals surface area contributed by atoms with Crippen molar-refractivity contribution in [2.24, 2.45) is 7.05 Å². The molecule has 0 radical (unpaired) electrons. The third-order valence-corrected chi connectivity index (χ3v) is 4.77. The van der Waals surface area contributed by atoms with Crippen molar-refractivity contribution in [2.45, 2.75) is 46.2 Å². The number of nitrogens with one attached hydrogen (secondary N) is 1. The zero-order valence-corrected chi connectivity index (χ0v) is 16.0. The van der Waals surface area contributed by atoms with Crippen LogP contribution in [-0.4, -0.2) is 36.1 Å². The molecule has 0 amide bonds. The number of anilines is 1. The first kappa shape index (κ1) is 18.0. The van der Waals surface area contributed by atoms with Crippen LogP contribution >= 0.6 is 0 Å². The van der Waals surface area contributed by atoms with Crippen molar-refractivity contribution < 1.29 is 9.15 Å². The average Bonchev–Trinajstić information content (AvgIpc) is 3.17. The molecule has 0 unspecified atom stereocenters. The summed E-state index contributed by atoms with van der Waals surface area (Å²) >= 11 is 0. The Kier molecular flexibility index (Phi) is 5.49. The predicted molar refractivity (Wildman–Crippen MR) is 99.0 cm³/mol. The minimum Gasteiger partial charge on any atom is -0.465 e. The quantitative estimate of drug-likeness (QED) is 0.871. The first-order valence-corrected chi connectivity index (χ1v) is 9.15. The number of nitrogens with zero attached hydrogens (tertiary/aromatic N) is 3. The lowest BCUT2D eigenvalue weighted by Gasteiger charge is -2.30. The molecule has 0 saturated carbocycles. The van der Waals surface area contributed by atoms with Gasteiger partial charge in [-0.3, -0.25) is 4.68 Å². The van der Waals surface area contributed by atoms with Gasteiger partial charge in [0.05, 0.1) is 24.9 Å². The summed E-state index contributed by atoms with van der Waals surface area (Å²) in [5.74, 6) is 3.52. The maximum atomic E-state index is 5.75. The van der Waals surface area contributed by atoms with E-state index >= 15 is 0 Å². The van der Waals surface area contributed by atoms with Gasteiger partial charge in [0, 0.05) is 32.2 Å². The van der Waals surface area contributed by atoms with E-state index < -0.39 is 0 Å². The Morgan fingerprint density at radius 3 is 2.52 bits per heavy atom. The largest absolute Gasteiger partial charge is 0.465 e. The molecule has 0 bridgehead atoms. The van der Waals surface area contributed by atoms with E-state index in [0.717, 1.165) is 44.4 Å². The molecule has 138 valence electrons. The average molecular weight is 346 g/mol. The molecule has 2 aromatic heterocycles. The Morgan fingerprint density at radius 1 is 1.20 bits per heavy atom. The van der Waals surface area contributed by atoms with Gasteiger partial charge < -0.3 is 19.4 Å². The lowest BCUT2D eigenvalue weighted by atomic mass is 10.0. The van der Waals surface area contributed by atoms with Gasteiger partial charge in [-0.15, -0.1) is 0 Å². The molecule has 0 aliphatic carbocycles. The second-order valence-electron chi connectivity index (χ2n) is 7.12. The number of hydrogen-bond acceptors (Lipinski definition) is 5. The number of rotatable bonds is 6. The van der Waals surface area contributed by atoms with Crippen LogP contribution in [0.25, 0.3) is 0 Å². The predicted octanol–water partition coefficient (Wildman–Crippen LogP) is 3.13. The molecule has 6 nitrogen and oxygen atoms in total. The second-order valence-corrected chi connectivity index (χ2v) is 7.12. The van der Waals surface area contributed by atoms with Crippen molar-refractivity contribution in [3.05, 3.63) is 34.9 Å². The van der Waals surface area contributed by atoms with Gasteiger partial charge in [0.15, 0.2) is 0 Å². The molecule has 0 aromatic carbocycles. The molecule has 0 spiro atoms. The van der Waals surface area contributed by atoms with E-state index in [1.807, 2.05) is 30.8 Å². The van der Waals surface area contributed by atoms with E-state index in [2.05, 4.69) is 31.0 Å². The Labute approximate surface area is 150 Å². The summed E-state index contributed by atoms with van der Waals surface area (Å²) in [4.78, 5) is 2.39. The van der Waals surface area contributed by atoms with E-state index in [9.17, 15) is 0 Å². The minimum absolute atomic E-state index is 0.159. The van der Waals surface area contributed by atoms with Crippen molar-refractivity contribution in [1.82, 2.24) is 15.1 Å². The smallest absolute Gasteiger partial charge is 0.131 e. The molecule has 25 heavy (non-hydrogen) atoms. The lowest BCUT2D eigenvalue weighted by molar-refractivity contribution is 0.122. The Bertz CT molecular complexity index is 698. The highest BCUT2D eigenvalue weighted by Gasteiger charge is 2.24. The van der Waals surface area contributed by atoms with Crippen LogP contribution in [-0.2, 0) is 18.3 Å². The molecule has 1 aliphatic rings. The molecule has 3 rings (SSSR count). The maximum Gasteiger partial charge on any atom is 0.131 e. The van der Waals surface area contributed by atoms with Gasteiger partial charge in [-0.25, -0.2) is 0 Å². The Balaban J connectivity index is 1.82. The van der Waals surface area contributed by atoms with E-state index in [0.29, 0.717) is 5.92 Å². The molecule has 3 heterocycles. The lowest BCUT2D eigenvalue weighted by Crippen LogP contribution is -2.38. The summed E-state index contributed by atoms with van der Waals surface area (Å²) in [6.45, 7) is 12.7.